The number of nitrogens with one attached hydrogen (secondary N) is 1. The van der Waals surface area contributed by atoms with Gasteiger partial charge in [-0.1, -0.05) is 6.08 Å². The first-order valence-electron chi connectivity index (χ1n) is 5.96. The van der Waals surface area contributed by atoms with Gasteiger partial charge in [0.2, 0.25) is 0 Å². The predicted octanol–water partition coefficient (Wildman–Crippen LogP) is 2.51. The summed E-state index contributed by atoms with van der Waals surface area (Å²) in [6.07, 6.45) is 5.21. The van der Waals surface area contributed by atoms with Gasteiger partial charge in [0.25, 0.3) is 0 Å². The van der Waals surface area contributed by atoms with Gasteiger partial charge in [-0.2, -0.15) is 0 Å². The fourth-order valence-electron chi connectivity index (χ4n) is 1.95. The molecule has 1 radical (unpaired) electrons. The molecule has 0 saturated heterocycles. The van der Waals surface area contributed by atoms with Crippen molar-refractivity contribution >= 4 is 5.69 Å². The van der Waals surface area contributed by atoms with Gasteiger partial charge in [0, 0.05) is 24.2 Å². The predicted molar refractivity (Wildman–Crippen MR) is 68.1 cm³/mol. The number of aliphatic hydroxyl groups excluding tert-OH is 1. The first kappa shape index (κ1) is 12.0. The monoisotopic (exact) mass is 232 g/mol. The maximum atomic E-state index is 9.28. The van der Waals surface area contributed by atoms with Crippen LogP contribution in [0.5, 0.6) is 5.75 Å². The molecule has 1 aliphatic rings. The van der Waals surface area contributed by atoms with Crippen molar-refractivity contribution in [3.63, 3.8) is 0 Å². The van der Waals surface area contributed by atoms with Crippen LogP contribution in [0.25, 0.3) is 0 Å². The van der Waals surface area contributed by atoms with Gasteiger partial charge in [0.1, 0.15) is 5.75 Å². The van der Waals surface area contributed by atoms with Gasteiger partial charge < -0.3 is 15.2 Å². The Hall–Kier alpha value is -1.48. The van der Waals surface area contributed by atoms with Gasteiger partial charge in [0.05, 0.1) is 12.2 Å². The van der Waals surface area contributed by atoms with Gasteiger partial charge in [-0.15, -0.1) is 0 Å². The molecule has 2 unspecified atom stereocenters. The molecule has 1 aromatic rings. The first-order valence-corrected chi connectivity index (χ1v) is 5.96. The van der Waals surface area contributed by atoms with Gasteiger partial charge in [-0.25, -0.2) is 0 Å². The largest absolute Gasteiger partial charge is 0.490 e. The lowest BCUT2D eigenvalue weighted by molar-refractivity contribution is 0.115. The molecule has 3 heteroatoms. The normalized spacial score (nSPS) is 16.9. The highest BCUT2D eigenvalue weighted by molar-refractivity contribution is 5.58. The second-order valence-corrected chi connectivity index (χ2v) is 4.50. The molecule has 0 bridgehead atoms. The molecule has 3 nitrogen and oxygen atoms in total. The van der Waals surface area contributed by atoms with E-state index in [4.69, 9.17) is 4.74 Å². The average molecular weight is 232 g/mol. The van der Waals surface area contributed by atoms with E-state index in [1.54, 1.807) is 6.92 Å². The summed E-state index contributed by atoms with van der Waals surface area (Å²) in [5.74, 6) is 0.722. The van der Waals surface area contributed by atoms with Crippen LogP contribution in [0.3, 0.4) is 0 Å². The third-order valence-corrected chi connectivity index (χ3v) is 2.71. The summed E-state index contributed by atoms with van der Waals surface area (Å²) in [6.45, 7) is 3.72. The van der Waals surface area contributed by atoms with E-state index in [-0.39, 0.29) is 12.2 Å². The Labute approximate surface area is 102 Å². The fraction of sp³-hybridized carbons (Fsp3) is 0.429. The summed E-state index contributed by atoms with van der Waals surface area (Å²) in [4.78, 5) is 0. The highest BCUT2D eigenvalue weighted by atomic mass is 16.5. The zero-order chi connectivity index (χ0) is 12.3. The van der Waals surface area contributed by atoms with Crippen LogP contribution in [0.1, 0.15) is 25.8 Å². The van der Waals surface area contributed by atoms with E-state index < -0.39 is 0 Å². The Balaban J connectivity index is 2.03. The standard InChI is InChI=1S/C14H18NO2/c1-10(16)8-11(2)17-13-6-5-12-4-3-7-15-14(12)9-13/h3,5,7,9-11,15-16H,4,8H2,1-2H3. The fourth-order valence-corrected chi connectivity index (χ4v) is 1.95. The number of rotatable bonds is 4. The molecule has 2 N–H and O–H groups in total. The Kier molecular flexibility index (Phi) is 3.69. The third-order valence-electron chi connectivity index (χ3n) is 2.71. The summed E-state index contributed by atoms with van der Waals surface area (Å²) in [6, 6.07) is 7.03. The Morgan fingerprint density at radius 3 is 3.12 bits per heavy atom. The van der Waals surface area contributed by atoms with Crippen LogP contribution in [0.15, 0.2) is 24.4 Å². The molecule has 0 saturated carbocycles. The van der Waals surface area contributed by atoms with Gasteiger partial charge >= 0.3 is 0 Å². The summed E-state index contributed by atoms with van der Waals surface area (Å²) < 4.78 is 5.71. The Morgan fingerprint density at radius 1 is 1.53 bits per heavy atom. The number of ether oxygens (including phenoxy) is 1. The van der Waals surface area contributed by atoms with Gasteiger partial charge in [-0.3, -0.25) is 0 Å². The van der Waals surface area contributed by atoms with E-state index in [2.05, 4.69) is 17.5 Å². The highest BCUT2D eigenvalue weighted by Gasteiger charge is 2.10. The average Bonchev–Trinajstić information content (AvgIpc) is 2.27. The van der Waals surface area contributed by atoms with Crippen molar-refractivity contribution in [3.05, 3.63) is 36.0 Å². The summed E-state index contributed by atoms with van der Waals surface area (Å²) >= 11 is 0. The maximum absolute atomic E-state index is 9.28. The molecule has 0 spiro atoms. The molecule has 1 aliphatic heterocycles. The minimum atomic E-state index is -0.344. The third kappa shape index (κ3) is 3.24. The van der Waals surface area contributed by atoms with Crippen molar-refractivity contribution in [1.29, 1.82) is 0 Å². The van der Waals surface area contributed by atoms with Crippen molar-refractivity contribution < 1.29 is 9.84 Å². The van der Waals surface area contributed by atoms with Crippen molar-refractivity contribution in [2.24, 2.45) is 0 Å². The topological polar surface area (TPSA) is 41.5 Å². The second-order valence-electron chi connectivity index (χ2n) is 4.50. The number of fused-ring (bicyclic) bond motifs is 1. The lowest BCUT2D eigenvalue weighted by Gasteiger charge is -2.18. The molecule has 0 amide bonds. The van der Waals surface area contributed by atoms with Crippen molar-refractivity contribution in [1.82, 2.24) is 0 Å². The lowest BCUT2D eigenvalue weighted by Crippen LogP contribution is -2.18. The Bertz CT molecular complexity index is 413. The zero-order valence-corrected chi connectivity index (χ0v) is 10.2. The molecule has 17 heavy (non-hydrogen) atoms. The van der Waals surface area contributed by atoms with Crippen LogP contribution in [-0.2, 0) is 6.42 Å². The summed E-state index contributed by atoms with van der Waals surface area (Å²) in [5.41, 5.74) is 2.30. The second kappa shape index (κ2) is 5.23. The van der Waals surface area contributed by atoms with E-state index in [0.717, 1.165) is 17.9 Å². The van der Waals surface area contributed by atoms with Crippen molar-refractivity contribution in [2.45, 2.75) is 38.9 Å². The highest BCUT2D eigenvalue weighted by Crippen LogP contribution is 2.26. The number of benzene rings is 1. The first-order chi connectivity index (χ1) is 8.15. The molecule has 2 atom stereocenters. The molecule has 0 aliphatic carbocycles. The van der Waals surface area contributed by atoms with Crippen LogP contribution in [-0.4, -0.2) is 17.3 Å². The number of hydrogen-bond acceptors (Lipinski definition) is 3. The number of hydrogen-bond donors (Lipinski definition) is 2. The molecular formula is C14H18NO2. The van der Waals surface area contributed by atoms with Gasteiger partial charge in [-0.05, 0) is 38.1 Å². The SMILES string of the molecule is CC(O)CC(C)Oc1[c]cc2c(c1)NC=CC2. The van der Waals surface area contributed by atoms with Gasteiger partial charge in [0.15, 0.2) is 0 Å². The van der Waals surface area contributed by atoms with Crippen molar-refractivity contribution in [3.8, 4) is 5.75 Å². The molecule has 1 heterocycles. The van der Waals surface area contributed by atoms with Crippen LogP contribution >= 0.6 is 0 Å². The maximum Gasteiger partial charge on any atom is 0.129 e. The molecule has 91 valence electrons. The van der Waals surface area contributed by atoms with Crippen LogP contribution in [0, 0.1) is 6.07 Å². The number of allylic oxidation sites excluding steroid dienone is 1. The van der Waals surface area contributed by atoms with E-state index in [9.17, 15) is 5.11 Å². The zero-order valence-electron chi connectivity index (χ0n) is 10.2. The smallest absolute Gasteiger partial charge is 0.129 e. The summed E-state index contributed by atoms with van der Waals surface area (Å²) in [7, 11) is 0. The van der Waals surface area contributed by atoms with Crippen LogP contribution < -0.4 is 10.1 Å². The molecule has 0 aromatic heterocycles. The Morgan fingerprint density at radius 2 is 2.35 bits per heavy atom. The number of anilines is 1. The molecular weight excluding hydrogens is 214 g/mol. The minimum absolute atomic E-state index is 0.0107. The quantitative estimate of drug-likeness (QED) is 0.838. The van der Waals surface area contributed by atoms with E-state index >= 15 is 0 Å². The molecule has 2 rings (SSSR count). The molecule has 1 aromatic carbocycles. The van der Waals surface area contributed by atoms with Crippen LogP contribution in [0.4, 0.5) is 5.69 Å². The lowest BCUT2D eigenvalue weighted by atomic mass is 10.1. The number of aliphatic hydroxyl groups is 1. The molecule has 0 fully saturated rings. The van der Waals surface area contributed by atoms with Crippen LogP contribution in [0.2, 0.25) is 0 Å². The minimum Gasteiger partial charge on any atom is -0.490 e. The van der Waals surface area contributed by atoms with Crippen molar-refractivity contribution in [2.75, 3.05) is 5.32 Å². The van der Waals surface area contributed by atoms with E-state index in [0.29, 0.717) is 6.42 Å². The summed E-state index contributed by atoms with van der Waals surface area (Å²) in [5, 5.41) is 12.5. The van der Waals surface area contributed by atoms with E-state index in [1.165, 1.54) is 5.56 Å². The van der Waals surface area contributed by atoms with E-state index in [1.807, 2.05) is 25.3 Å².